The van der Waals surface area contributed by atoms with E-state index in [2.05, 4.69) is 79.0 Å². The summed E-state index contributed by atoms with van der Waals surface area (Å²) in [5.74, 6) is 1.38. The van der Waals surface area contributed by atoms with Crippen LogP contribution in [-0.2, 0) is 0 Å². The topological polar surface area (TPSA) is 15.3 Å². The van der Waals surface area contributed by atoms with Crippen molar-refractivity contribution in [3.8, 4) is 0 Å². The maximum atomic E-state index is 3.77. The van der Waals surface area contributed by atoms with Gasteiger partial charge in [0.2, 0.25) is 0 Å². The van der Waals surface area contributed by atoms with Gasteiger partial charge in [0.15, 0.2) is 0 Å². The van der Waals surface area contributed by atoms with Crippen molar-refractivity contribution in [1.29, 1.82) is 0 Å². The normalized spacial score (nSPS) is 23.1. The molecule has 2 rings (SSSR count). The molecule has 1 aliphatic heterocycles. The molecule has 0 saturated carbocycles. The average molecular weight is 353 g/mol. The predicted octanol–water partition coefficient (Wildman–Crippen LogP) is 4.61. The van der Waals surface area contributed by atoms with E-state index in [-0.39, 0.29) is 0 Å². The number of piperazine rings is 1. The van der Waals surface area contributed by atoms with Gasteiger partial charge in [0.1, 0.15) is 0 Å². The van der Waals surface area contributed by atoms with E-state index in [1.807, 2.05) is 0 Å². The van der Waals surface area contributed by atoms with E-state index in [1.54, 1.807) is 0 Å². The summed E-state index contributed by atoms with van der Waals surface area (Å²) in [5.41, 5.74) is 2.65. The summed E-state index contributed by atoms with van der Waals surface area (Å²) in [6.45, 7) is 13.6. The van der Waals surface area contributed by atoms with E-state index in [0.29, 0.717) is 18.0 Å². The van der Waals surface area contributed by atoms with Crippen LogP contribution in [0.1, 0.15) is 39.7 Å². The van der Waals surface area contributed by atoms with Gasteiger partial charge in [0.05, 0.1) is 5.69 Å². The maximum absolute atomic E-state index is 3.77. The van der Waals surface area contributed by atoms with Crippen molar-refractivity contribution >= 4 is 21.6 Å². The lowest BCUT2D eigenvalue weighted by Crippen LogP contribution is -2.58. The van der Waals surface area contributed by atoms with Crippen molar-refractivity contribution < 1.29 is 0 Å². The molecule has 0 aromatic heterocycles. The Kier molecular flexibility index (Phi) is 5.73. The lowest BCUT2D eigenvalue weighted by Gasteiger charge is -2.44. The Morgan fingerprint density at radius 2 is 2.00 bits per heavy atom. The molecule has 1 saturated heterocycles. The van der Waals surface area contributed by atoms with Crippen molar-refractivity contribution in [2.75, 3.05) is 18.0 Å². The Morgan fingerprint density at radius 1 is 1.29 bits per heavy atom. The zero-order valence-electron chi connectivity index (χ0n) is 14.0. The van der Waals surface area contributed by atoms with Crippen molar-refractivity contribution in [2.45, 2.75) is 53.1 Å². The van der Waals surface area contributed by atoms with Gasteiger partial charge < -0.3 is 10.2 Å². The second-order valence-electron chi connectivity index (χ2n) is 7.15. The third kappa shape index (κ3) is 4.23. The van der Waals surface area contributed by atoms with E-state index in [4.69, 9.17) is 0 Å². The third-order valence-electron chi connectivity index (χ3n) is 4.37. The molecule has 0 radical (unpaired) electrons. The molecule has 0 aliphatic carbocycles. The number of nitrogens with one attached hydrogen (secondary N) is 1. The highest BCUT2D eigenvalue weighted by Crippen LogP contribution is 2.32. The van der Waals surface area contributed by atoms with Crippen LogP contribution >= 0.6 is 15.9 Å². The van der Waals surface area contributed by atoms with Crippen LogP contribution in [0, 0.1) is 18.8 Å². The molecule has 0 amide bonds. The fraction of sp³-hybridized carbons (Fsp3) is 0.667. The Hall–Kier alpha value is -0.540. The van der Waals surface area contributed by atoms with E-state index in [9.17, 15) is 0 Å². The first-order valence-corrected chi connectivity index (χ1v) is 8.94. The molecule has 1 N–H and O–H groups in total. The van der Waals surface area contributed by atoms with Crippen LogP contribution in [0.4, 0.5) is 5.69 Å². The van der Waals surface area contributed by atoms with Crippen molar-refractivity contribution in [2.24, 2.45) is 11.8 Å². The highest BCUT2D eigenvalue weighted by molar-refractivity contribution is 9.10. The number of benzene rings is 1. The summed E-state index contributed by atoms with van der Waals surface area (Å²) < 4.78 is 1.22. The van der Waals surface area contributed by atoms with Gasteiger partial charge in [-0.15, -0.1) is 0 Å². The van der Waals surface area contributed by atoms with Crippen molar-refractivity contribution in [3.05, 3.63) is 28.2 Å². The second-order valence-corrected chi connectivity index (χ2v) is 8.01. The third-order valence-corrected chi connectivity index (χ3v) is 5.01. The number of hydrogen-bond donors (Lipinski definition) is 1. The van der Waals surface area contributed by atoms with Gasteiger partial charge >= 0.3 is 0 Å². The van der Waals surface area contributed by atoms with Crippen molar-refractivity contribution in [3.63, 3.8) is 0 Å². The quantitative estimate of drug-likeness (QED) is 0.851. The standard InChI is InChI=1S/C18H29BrN2/c1-12(2)8-15-11-21(18(10-20-15)13(3)4)17-7-6-14(5)9-16(17)19/h6-7,9,12-13,15,18,20H,8,10-11H2,1-5H3. The minimum atomic E-state index is 0.562. The second kappa shape index (κ2) is 7.15. The summed E-state index contributed by atoms with van der Waals surface area (Å²) in [6.07, 6.45) is 1.24. The highest BCUT2D eigenvalue weighted by atomic mass is 79.9. The predicted molar refractivity (Wildman–Crippen MR) is 96.1 cm³/mol. The summed E-state index contributed by atoms with van der Waals surface area (Å²) in [4.78, 5) is 2.61. The van der Waals surface area contributed by atoms with Crippen LogP contribution in [0.2, 0.25) is 0 Å². The molecule has 1 fully saturated rings. The number of rotatable bonds is 4. The molecule has 1 heterocycles. The SMILES string of the molecule is Cc1ccc(N2CC(CC(C)C)NCC2C(C)C)c(Br)c1. The van der Waals surface area contributed by atoms with Gasteiger partial charge in [-0.3, -0.25) is 0 Å². The Bertz CT molecular complexity index is 470. The Labute approximate surface area is 138 Å². The monoisotopic (exact) mass is 352 g/mol. The zero-order valence-corrected chi connectivity index (χ0v) is 15.6. The Balaban J connectivity index is 2.25. The molecule has 1 aromatic carbocycles. The van der Waals surface area contributed by atoms with Crippen LogP contribution in [0.5, 0.6) is 0 Å². The summed E-state index contributed by atoms with van der Waals surface area (Å²) in [6, 6.07) is 7.87. The minimum Gasteiger partial charge on any atom is -0.365 e. The first-order valence-electron chi connectivity index (χ1n) is 8.14. The largest absolute Gasteiger partial charge is 0.365 e. The van der Waals surface area contributed by atoms with Gasteiger partial charge in [-0.2, -0.15) is 0 Å². The van der Waals surface area contributed by atoms with E-state index in [0.717, 1.165) is 19.0 Å². The molecule has 0 bridgehead atoms. The molecule has 21 heavy (non-hydrogen) atoms. The van der Waals surface area contributed by atoms with E-state index in [1.165, 1.54) is 22.1 Å². The molecular formula is C18H29BrN2. The number of nitrogens with zero attached hydrogens (tertiary/aromatic N) is 1. The van der Waals surface area contributed by atoms with Crippen LogP contribution in [0.25, 0.3) is 0 Å². The van der Waals surface area contributed by atoms with Crippen LogP contribution < -0.4 is 10.2 Å². The molecule has 0 spiro atoms. The van der Waals surface area contributed by atoms with Gasteiger partial charge in [-0.05, 0) is 58.8 Å². The summed E-state index contributed by atoms with van der Waals surface area (Å²) in [5, 5.41) is 3.76. The highest BCUT2D eigenvalue weighted by Gasteiger charge is 2.31. The first-order chi connectivity index (χ1) is 9.88. The van der Waals surface area contributed by atoms with E-state index < -0.39 is 0 Å². The molecule has 2 unspecified atom stereocenters. The fourth-order valence-corrected chi connectivity index (χ4v) is 4.00. The summed E-state index contributed by atoms with van der Waals surface area (Å²) in [7, 11) is 0. The lowest BCUT2D eigenvalue weighted by molar-refractivity contribution is 0.310. The molecule has 3 heteroatoms. The van der Waals surface area contributed by atoms with Crippen molar-refractivity contribution in [1.82, 2.24) is 5.32 Å². The maximum Gasteiger partial charge on any atom is 0.0514 e. The number of aryl methyl sites for hydroxylation is 1. The van der Waals surface area contributed by atoms with Gasteiger partial charge in [0.25, 0.3) is 0 Å². The molecule has 1 aromatic rings. The Morgan fingerprint density at radius 3 is 2.57 bits per heavy atom. The van der Waals surface area contributed by atoms with Gasteiger partial charge in [-0.25, -0.2) is 0 Å². The van der Waals surface area contributed by atoms with Gasteiger partial charge in [0, 0.05) is 29.6 Å². The fourth-order valence-electron chi connectivity index (χ4n) is 3.28. The van der Waals surface area contributed by atoms with E-state index >= 15 is 0 Å². The summed E-state index contributed by atoms with van der Waals surface area (Å²) >= 11 is 3.77. The zero-order chi connectivity index (χ0) is 15.6. The number of halogens is 1. The number of anilines is 1. The molecule has 118 valence electrons. The molecule has 1 aliphatic rings. The van der Waals surface area contributed by atoms with Crippen LogP contribution in [-0.4, -0.2) is 25.2 Å². The first kappa shape index (κ1) is 16.8. The van der Waals surface area contributed by atoms with Crippen LogP contribution in [0.3, 0.4) is 0 Å². The van der Waals surface area contributed by atoms with Gasteiger partial charge in [-0.1, -0.05) is 33.8 Å². The minimum absolute atomic E-state index is 0.562. The molecule has 2 nitrogen and oxygen atoms in total. The molecule has 2 atom stereocenters. The number of hydrogen-bond acceptors (Lipinski definition) is 2. The van der Waals surface area contributed by atoms with Crippen LogP contribution in [0.15, 0.2) is 22.7 Å². The smallest absolute Gasteiger partial charge is 0.0514 e. The molecular weight excluding hydrogens is 324 g/mol. The lowest BCUT2D eigenvalue weighted by atomic mass is 9.94. The average Bonchev–Trinajstić information content (AvgIpc) is 2.37.